The van der Waals surface area contributed by atoms with Crippen LogP contribution in [0.4, 0.5) is 11.4 Å². The van der Waals surface area contributed by atoms with Crippen molar-refractivity contribution < 1.29 is 19.4 Å². The number of aliphatic carboxylic acids is 1. The summed E-state index contributed by atoms with van der Waals surface area (Å²) in [5.41, 5.74) is 1.41. The minimum Gasteiger partial charge on any atom is -0.497 e. The highest BCUT2D eigenvalue weighted by Gasteiger charge is 1.99. The number of carboxylic acid groups (broad SMARTS) is 1. The van der Waals surface area contributed by atoms with Gasteiger partial charge in [0.2, 0.25) is 0 Å². The fraction of sp³-hybridized carbons (Fsp3) is 0.188. The predicted molar refractivity (Wildman–Crippen MR) is 81.4 cm³/mol. The highest BCUT2D eigenvalue weighted by molar-refractivity contribution is 5.66. The molecule has 0 aliphatic rings. The van der Waals surface area contributed by atoms with Gasteiger partial charge in [0.05, 0.1) is 31.5 Å². The first kappa shape index (κ1) is 15.5. The molecule has 0 radical (unpaired) electrons. The van der Waals surface area contributed by atoms with Gasteiger partial charge in [-0.1, -0.05) is 0 Å². The minimum atomic E-state index is -0.884. The zero-order chi connectivity index (χ0) is 15.8. The van der Waals surface area contributed by atoms with Crippen LogP contribution in [0.25, 0.3) is 0 Å². The number of rotatable bonds is 7. The molecule has 2 aromatic rings. The average Bonchev–Trinajstić information content (AvgIpc) is 2.54. The molecule has 114 valence electrons. The Bertz CT molecular complexity index is 636. The quantitative estimate of drug-likeness (QED) is 0.785. The number of carbonyl (C=O) groups is 1. The largest absolute Gasteiger partial charge is 0.497 e. The van der Waals surface area contributed by atoms with Crippen LogP contribution in [0, 0.1) is 0 Å². The second kappa shape index (κ2) is 7.78. The highest BCUT2D eigenvalue weighted by Crippen LogP contribution is 2.22. The first-order chi connectivity index (χ1) is 10.7. The summed E-state index contributed by atoms with van der Waals surface area (Å²) in [6.07, 6.45) is -0.0288. The Hall–Kier alpha value is -2.89. The van der Waals surface area contributed by atoms with Gasteiger partial charge in [-0.2, -0.15) is 10.2 Å². The van der Waals surface area contributed by atoms with Crippen molar-refractivity contribution in [1.29, 1.82) is 0 Å². The standard InChI is InChI=1S/C16H16N2O4/c1-21-14-6-2-12(3-7-14)17-18-13-4-8-15(9-5-13)22-11-10-16(19)20/h2-9H,10-11H2,1H3,(H,19,20). The summed E-state index contributed by atoms with van der Waals surface area (Å²) in [4.78, 5) is 10.4. The molecule has 0 saturated carbocycles. The predicted octanol–water partition coefficient (Wildman–Crippen LogP) is 3.96. The molecular formula is C16H16N2O4. The van der Waals surface area contributed by atoms with Gasteiger partial charge < -0.3 is 14.6 Å². The van der Waals surface area contributed by atoms with Crippen molar-refractivity contribution in [1.82, 2.24) is 0 Å². The summed E-state index contributed by atoms with van der Waals surface area (Å²) in [6.45, 7) is 0.141. The lowest BCUT2D eigenvalue weighted by Gasteiger charge is -2.03. The molecule has 1 N–H and O–H groups in total. The summed E-state index contributed by atoms with van der Waals surface area (Å²) in [5, 5.41) is 16.8. The molecule has 0 aromatic heterocycles. The maximum Gasteiger partial charge on any atom is 0.306 e. The van der Waals surface area contributed by atoms with E-state index in [9.17, 15) is 4.79 Å². The lowest BCUT2D eigenvalue weighted by molar-refractivity contribution is -0.137. The normalized spacial score (nSPS) is 10.6. The van der Waals surface area contributed by atoms with Crippen LogP contribution >= 0.6 is 0 Å². The van der Waals surface area contributed by atoms with Gasteiger partial charge in [0, 0.05) is 0 Å². The Morgan fingerprint density at radius 1 is 0.955 bits per heavy atom. The zero-order valence-electron chi connectivity index (χ0n) is 12.1. The molecule has 0 spiro atoms. The van der Waals surface area contributed by atoms with E-state index in [1.165, 1.54) is 0 Å². The molecule has 0 aliphatic carbocycles. The molecule has 0 fully saturated rings. The van der Waals surface area contributed by atoms with Crippen molar-refractivity contribution in [3.63, 3.8) is 0 Å². The highest BCUT2D eigenvalue weighted by atomic mass is 16.5. The van der Waals surface area contributed by atoms with E-state index in [4.69, 9.17) is 14.6 Å². The van der Waals surface area contributed by atoms with Crippen molar-refractivity contribution in [3.8, 4) is 11.5 Å². The molecule has 0 bridgehead atoms. The summed E-state index contributed by atoms with van der Waals surface area (Å²) < 4.78 is 10.4. The molecule has 0 atom stereocenters. The molecule has 0 unspecified atom stereocenters. The first-order valence-electron chi connectivity index (χ1n) is 6.68. The molecule has 6 nitrogen and oxygen atoms in total. The van der Waals surface area contributed by atoms with Crippen LogP contribution in [0.15, 0.2) is 58.8 Å². The molecule has 2 aromatic carbocycles. The first-order valence-corrected chi connectivity index (χ1v) is 6.68. The lowest BCUT2D eigenvalue weighted by atomic mass is 10.3. The van der Waals surface area contributed by atoms with Gasteiger partial charge in [0.1, 0.15) is 11.5 Å². The minimum absolute atomic E-state index is 0.0288. The van der Waals surface area contributed by atoms with Crippen LogP contribution in [0.5, 0.6) is 11.5 Å². The van der Waals surface area contributed by atoms with Gasteiger partial charge in [-0.15, -0.1) is 0 Å². The summed E-state index contributed by atoms with van der Waals surface area (Å²) in [6, 6.07) is 14.2. The Morgan fingerprint density at radius 3 is 1.91 bits per heavy atom. The molecular weight excluding hydrogens is 284 g/mol. The van der Waals surface area contributed by atoms with E-state index in [1.807, 2.05) is 24.3 Å². The van der Waals surface area contributed by atoms with Crippen molar-refractivity contribution in [2.75, 3.05) is 13.7 Å². The Kier molecular flexibility index (Phi) is 5.48. The van der Waals surface area contributed by atoms with E-state index in [-0.39, 0.29) is 13.0 Å². The maximum absolute atomic E-state index is 10.4. The van der Waals surface area contributed by atoms with E-state index in [0.717, 1.165) is 11.4 Å². The second-order valence-corrected chi connectivity index (χ2v) is 4.38. The third-order valence-corrected chi connectivity index (χ3v) is 2.77. The van der Waals surface area contributed by atoms with Gasteiger partial charge in [-0.3, -0.25) is 4.79 Å². The van der Waals surface area contributed by atoms with Crippen LogP contribution in [0.3, 0.4) is 0 Å². The monoisotopic (exact) mass is 300 g/mol. The number of azo groups is 1. The second-order valence-electron chi connectivity index (χ2n) is 4.38. The van der Waals surface area contributed by atoms with Gasteiger partial charge in [0.15, 0.2) is 0 Å². The van der Waals surface area contributed by atoms with Gasteiger partial charge in [-0.25, -0.2) is 0 Å². The third kappa shape index (κ3) is 4.90. The number of carboxylic acids is 1. The summed E-state index contributed by atoms with van der Waals surface area (Å²) in [7, 11) is 1.61. The number of methoxy groups -OCH3 is 1. The van der Waals surface area contributed by atoms with Crippen LogP contribution in [0.2, 0.25) is 0 Å². The third-order valence-electron chi connectivity index (χ3n) is 2.77. The average molecular weight is 300 g/mol. The van der Waals surface area contributed by atoms with E-state index < -0.39 is 5.97 Å². The van der Waals surface area contributed by atoms with Crippen molar-refractivity contribution >= 4 is 17.3 Å². The summed E-state index contributed by atoms with van der Waals surface area (Å²) >= 11 is 0. The van der Waals surface area contributed by atoms with Crippen LogP contribution in [0.1, 0.15) is 6.42 Å². The Labute approximate surface area is 128 Å². The Morgan fingerprint density at radius 2 is 1.45 bits per heavy atom. The number of hydrogen-bond donors (Lipinski definition) is 1. The topological polar surface area (TPSA) is 80.5 Å². The van der Waals surface area contributed by atoms with Crippen LogP contribution in [-0.2, 0) is 4.79 Å². The van der Waals surface area contributed by atoms with Crippen LogP contribution < -0.4 is 9.47 Å². The van der Waals surface area contributed by atoms with Crippen molar-refractivity contribution in [2.45, 2.75) is 6.42 Å². The molecule has 0 amide bonds. The van der Waals surface area contributed by atoms with Crippen LogP contribution in [-0.4, -0.2) is 24.8 Å². The SMILES string of the molecule is COc1ccc(N=Nc2ccc(OCCC(=O)O)cc2)cc1. The van der Waals surface area contributed by atoms with Crippen molar-refractivity contribution in [2.24, 2.45) is 10.2 Å². The lowest BCUT2D eigenvalue weighted by Crippen LogP contribution is -2.04. The van der Waals surface area contributed by atoms with E-state index in [1.54, 1.807) is 31.4 Å². The molecule has 0 saturated heterocycles. The maximum atomic E-state index is 10.4. The fourth-order valence-electron chi connectivity index (χ4n) is 1.63. The molecule has 0 aliphatic heterocycles. The van der Waals surface area contributed by atoms with E-state index in [2.05, 4.69) is 10.2 Å². The zero-order valence-corrected chi connectivity index (χ0v) is 12.1. The fourth-order valence-corrected chi connectivity index (χ4v) is 1.63. The van der Waals surface area contributed by atoms with E-state index in [0.29, 0.717) is 11.4 Å². The number of hydrogen-bond acceptors (Lipinski definition) is 5. The molecule has 0 heterocycles. The molecule has 6 heteroatoms. The number of nitrogens with zero attached hydrogens (tertiary/aromatic N) is 2. The number of benzene rings is 2. The molecule has 22 heavy (non-hydrogen) atoms. The number of ether oxygens (including phenoxy) is 2. The van der Waals surface area contributed by atoms with E-state index >= 15 is 0 Å². The van der Waals surface area contributed by atoms with Crippen molar-refractivity contribution in [3.05, 3.63) is 48.5 Å². The van der Waals surface area contributed by atoms with Gasteiger partial charge in [0.25, 0.3) is 0 Å². The van der Waals surface area contributed by atoms with Gasteiger partial charge in [-0.05, 0) is 48.5 Å². The molecule has 2 rings (SSSR count). The Balaban J connectivity index is 1.92. The summed E-state index contributed by atoms with van der Waals surface area (Å²) in [5.74, 6) is 0.483. The smallest absolute Gasteiger partial charge is 0.306 e. The van der Waals surface area contributed by atoms with Gasteiger partial charge >= 0.3 is 5.97 Å².